The van der Waals surface area contributed by atoms with Gasteiger partial charge in [0.05, 0.1) is 70.8 Å². The van der Waals surface area contributed by atoms with Gasteiger partial charge in [-0.1, -0.05) is 169 Å². The quantitative estimate of drug-likeness (QED) is 0.0337. The molecule has 12 heterocycles. The number of ether oxygens (including phenoxy) is 5. The minimum absolute atomic E-state index is 0.00695. The summed E-state index contributed by atoms with van der Waals surface area (Å²) in [5.41, 5.74) is 28.9. The molecule has 5 aliphatic rings. The van der Waals surface area contributed by atoms with E-state index in [0.29, 0.717) is 17.3 Å². The lowest BCUT2D eigenvalue weighted by Gasteiger charge is -2.38. The van der Waals surface area contributed by atoms with Gasteiger partial charge in [0, 0.05) is 156 Å². The van der Waals surface area contributed by atoms with Crippen LogP contribution >= 0.6 is 36.0 Å². The monoisotopic (exact) mass is 1840 g/mol. The van der Waals surface area contributed by atoms with E-state index in [1.807, 2.05) is 128 Å². The van der Waals surface area contributed by atoms with Gasteiger partial charge in [-0.2, -0.15) is 0 Å². The van der Waals surface area contributed by atoms with Crippen LogP contribution in [0.25, 0.3) is 54.5 Å². The number of aryl methyl sites for hydroxylation is 1. The number of rotatable bonds is 15. The van der Waals surface area contributed by atoms with Gasteiger partial charge < -0.3 is 84.8 Å². The summed E-state index contributed by atoms with van der Waals surface area (Å²) in [5.74, 6) is 3.02. The number of anilines is 2. The molecule has 135 heavy (non-hydrogen) atoms. The highest BCUT2D eigenvalue weighted by Gasteiger charge is 2.37. The SMILES string of the molecule is COC(=O)c1cccc(NC(=S)N2CCc3c([nH]c4ccccc34)C2c2ccc(OC)cc2)c1.COc1ccc(C2c3[nH]c4ccccc4c3CCN2C(=S)Nc2ccc(C)cc2)cc1.COc1cccc(C2NC(CO)Cc3c2[nH]c2ccccc32)c1.Clc1ccc2[nH]c3c(c2c1)CCNC3c1cccnc1.c1ccc(COc2ccc3[nH]c4c(c3c2)CCNC4c2cccnc2)cc1. The summed E-state index contributed by atoms with van der Waals surface area (Å²) in [6, 6.07) is 96.4. The van der Waals surface area contributed by atoms with E-state index in [4.69, 9.17) is 59.7 Å². The number of hydrogen-bond acceptors (Lipinski definition) is 14. The van der Waals surface area contributed by atoms with Crippen LogP contribution in [0.5, 0.6) is 23.0 Å². The Morgan fingerprint density at radius 2 is 0.904 bits per heavy atom. The van der Waals surface area contributed by atoms with Crippen LogP contribution in [0.4, 0.5) is 11.4 Å². The standard InChI is InChI=1S/C27H25N3O3S.C26H25N3OS.C23H21N3O.C19H20N2O2.C16H14ClN3/c1-32-20-12-10-17(11-13-20)25-24-22(21-8-3-4-9-23(21)29-24)14-15-30(25)27(34)28-19-7-5-6-18(16-19)26(31)33-2;1-17-7-11-19(12-8-17)27-26(31)29-16-15-22-21-5-3-4-6-23(21)28-24(22)25(29)18-9-13-20(30-2)14-10-18;1-2-5-16(6-3-1)15-27-18-8-9-21-20(13-18)19-10-12-25-22(23(19)26-21)17-7-4-11-24-14-17;1-23-14-6-4-5-12(9-14)18-19-16(10-13(11-22)20-18)15-7-2-3-8-17(15)21-19;17-11-3-4-14-13(8-11)12-5-7-19-15(16(12)20-14)10-2-1-6-18-9-10/h3-13,16,25,29H,14-15H2,1-2H3,(H,28,34);3-14,25,28H,15-16H2,1-2H3,(H,27,31);1-9,11,13-14,22,25-26H,10,12,15H2;2-9,13,18,20-22H,10-11H2,1H3;1-4,6,8-9,15,19-20H,5,7H2. The fourth-order valence-electron chi connectivity index (χ4n) is 19.5. The molecule has 21 nitrogen and oxygen atoms in total. The molecule has 0 radical (unpaired) electrons. The molecule has 0 fully saturated rings. The zero-order chi connectivity index (χ0) is 92.4. The summed E-state index contributed by atoms with van der Waals surface area (Å²) in [7, 11) is 6.41. The third-order valence-corrected chi connectivity index (χ3v) is 27.0. The molecule has 0 bridgehead atoms. The molecule has 24 heteroatoms. The number of carbonyl (C=O) groups is 1. The number of pyridine rings is 2. The minimum atomic E-state index is -0.383. The summed E-state index contributed by atoms with van der Waals surface area (Å²) in [4.78, 5) is 43.0. The van der Waals surface area contributed by atoms with E-state index in [-0.39, 0.29) is 48.8 Å². The number of nitrogens with zero attached hydrogens (tertiary/aromatic N) is 4. The van der Waals surface area contributed by atoms with Gasteiger partial charge in [0.1, 0.15) is 29.6 Å². The fourth-order valence-corrected chi connectivity index (χ4v) is 20.3. The maximum atomic E-state index is 12.0. The van der Waals surface area contributed by atoms with E-state index < -0.39 is 0 Å². The van der Waals surface area contributed by atoms with Crippen LogP contribution < -0.4 is 45.5 Å². The maximum absolute atomic E-state index is 12.0. The first kappa shape index (κ1) is 89.8. The zero-order valence-corrected chi connectivity index (χ0v) is 78.0. The number of para-hydroxylation sites is 3. The Labute approximate surface area is 799 Å². The van der Waals surface area contributed by atoms with Crippen molar-refractivity contribution in [3.8, 4) is 23.0 Å². The Hall–Kier alpha value is -14.4. The molecule has 7 aromatic heterocycles. The normalized spacial score (nSPS) is 16.8. The molecule has 0 amide bonds. The Kier molecular flexibility index (Phi) is 27.3. The van der Waals surface area contributed by atoms with Crippen molar-refractivity contribution in [2.75, 3.05) is 71.9 Å². The second kappa shape index (κ2) is 41.0. The highest BCUT2D eigenvalue weighted by molar-refractivity contribution is 7.80. The van der Waals surface area contributed by atoms with Crippen LogP contribution in [-0.2, 0) is 43.4 Å². The van der Waals surface area contributed by atoms with Gasteiger partial charge in [-0.05, 0) is 258 Å². The van der Waals surface area contributed by atoms with E-state index in [2.05, 4.69) is 242 Å². The van der Waals surface area contributed by atoms with Crippen LogP contribution in [0.2, 0.25) is 5.02 Å². The summed E-state index contributed by atoms with van der Waals surface area (Å²) < 4.78 is 27.0. The van der Waals surface area contributed by atoms with Crippen molar-refractivity contribution in [2.24, 2.45) is 0 Å². The van der Waals surface area contributed by atoms with E-state index in [1.165, 1.54) is 118 Å². The first-order valence-corrected chi connectivity index (χ1v) is 46.8. The predicted octanol–water partition coefficient (Wildman–Crippen LogP) is 21.7. The van der Waals surface area contributed by atoms with Gasteiger partial charge in [0.15, 0.2) is 10.2 Å². The molecule has 6 unspecified atom stereocenters. The summed E-state index contributed by atoms with van der Waals surface area (Å²) in [5, 5.41) is 35.6. The number of aromatic amines is 5. The van der Waals surface area contributed by atoms with E-state index in [1.54, 1.807) is 39.7 Å². The minimum Gasteiger partial charge on any atom is -0.497 e. The lowest BCUT2D eigenvalue weighted by molar-refractivity contribution is 0.0600. The van der Waals surface area contributed by atoms with Gasteiger partial charge in [-0.25, -0.2) is 4.79 Å². The Balaban J connectivity index is 0.000000110. The van der Waals surface area contributed by atoms with Gasteiger partial charge in [-0.15, -0.1) is 0 Å². The predicted molar refractivity (Wildman–Crippen MR) is 547 cm³/mol. The molecule has 0 saturated carbocycles. The number of aliphatic hydroxyl groups is 1. The van der Waals surface area contributed by atoms with Crippen molar-refractivity contribution in [1.29, 1.82) is 0 Å². The largest absolute Gasteiger partial charge is 0.497 e. The number of hydrogen-bond donors (Lipinski definition) is 11. The maximum Gasteiger partial charge on any atom is 0.337 e. The third-order valence-electron chi connectivity index (χ3n) is 26.0. The third kappa shape index (κ3) is 19.5. The molecule has 680 valence electrons. The van der Waals surface area contributed by atoms with Crippen molar-refractivity contribution < 1.29 is 33.6 Å². The zero-order valence-electron chi connectivity index (χ0n) is 75.6. The number of halogens is 1. The van der Waals surface area contributed by atoms with Gasteiger partial charge in [-0.3, -0.25) is 15.3 Å². The first-order valence-electron chi connectivity index (χ1n) is 45.6. The number of aromatic nitrogens is 7. The van der Waals surface area contributed by atoms with Gasteiger partial charge in [0.25, 0.3) is 0 Å². The van der Waals surface area contributed by atoms with Crippen LogP contribution in [0, 0.1) is 6.92 Å². The summed E-state index contributed by atoms with van der Waals surface area (Å²) in [6.45, 7) is 6.32. The van der Waals surface area contributed by atoms with E-state index in [0.717, 1.165) is 142 Å². The molecular weight excluding hydrogens is 1740 g/mol. The average molecular weight is 1850 g/mol. The number of esters is 1. The Morgan fingerprint density at radius 1 is 0.430 bits per heavy atom. The molecule has 5 aliphatic heterocycles. The number of thiocarbonyl (C=S) groups is 2. The van der Waals surface area contributed by atoms with E-state index >= 15 is 0 Å². The number of aliphatic hydroxyl groups excluding tert-OH is 1. The van der Waals surface area contributed by atoms with Crippen LogP contribution in [0.1, 0.15) is 136 Å². The van der Waals surface area contributed by atoms with Gasteiger partial charge >= 0.3 is 5.97 Å². The van der Waals surface area contributed by atoms with Crippen LogP contribution in [-0.4, -0.2) is 133 Å². The lowest BCUT2D eigenvalue weighted by atomic mass is 9.90. The van der Waals surface area contributed by atoms with Crippen molar-refractivity contribution >= 4 is 118 Å². The number of nitrogens with one attached hydrogen (secondary N) is 10. The molecule has 0 spiro atoms. The van der Waals surface area contributed by atoms with Gasteiger partial charge in [0.2, 0.25) is 0 Å². The molecule has 23 rings (SSSR count). The van der Waals surface area contributed by atoms with Crippen molar-refractivity contribution in [2.45, 2.75) is 81.9 Å². The number of carbonyl (C=O) groups excluding carboxylic acids is 1. The van der Waals surface area contributed by atoms with Crippen molar-refractivity contribution in [3.63, 3.8) is 0 Å². The smallest absolute Gasteiger partial charge is 0.337 e. The number of fused-ring (bicyclic) bond motifs is 15. The number of methoxy groups -OCH3 is 4. The van der Waals surface area contributed by atoms with Crippen LogP contribution in [0.15, 0.2) is 310 Å². The second-order valence-corrected chi connectivity index (χ2v) is 35.4. The van der Waals surface area contributed by atoms with Crippen LogP contribution in [0.3, 0.4) is 0 Å². The second-order valence-electron chi connectivity index (χ2n) is 34.2. The molecule has 11 aromatic carbocycles. The topological polar surface area (TPSA) is 255 Å². The average Bonchev–Trinajstić information content (AvgIpc) is 1.63. The highest BCUT2D eigenvalue weighted by Crippen LogP contribution is 2.44. The molecule has 0 saturated heterocycles. The summed E-state index contributed by atoms with van der Waals surface area (Å²) in [6.07, 6.45) is 12.2. The summed E-state index contributed by atoms with van der Waals surface area (Å²) >= 11 is 17.9. The molecule has 11 N–H and O–H groups in total. The Morgan fingerprint density at radius 3 is 1.44 bits per heavy atom. The van der Waals surface area contributed by atoms with Crippen molar-refractivity contribution in [1.82, 2.24) is 60.6 Å². The van der Waals surface area contributed by atoms with Crippen molar-refractivity contribution in [3.05, 3.63) is 416 Å². The first-order chi connectivity index (χ1) is 66.2. The molecule has 6 atom stereocenters. The molecule has 18 aromatic rings. The number of H-pyrrole nitrogens is 5. The lowest BCUT2D eigenvalue weighted by Crippen LogP contribution is -2.42. The molecule has 0 aliphatic carbocycles. The van der Waals surface area contributed by atoms with E-state index in [9.17, 15) is 9.90 Å². The highest BCUT2D eigenvalue weighted by atomic mass is 35.5. The fraction of sp³-hybridized carbons (Fsp3) is 0.198. The Bertz CT molecular complexity index is 7230. The molecular formula is C111H105ClN14O7S2. The number of benzene rings is 11.